The van der Waals surface area contributed by atoms with Crippen LogP contribution >= 0.6 is 23.2 Å². The van der Waals surface area contributed by atoms with Crippen LogP contribution in [0.5, 0.6) is 0 Å². The molecule has 0 N–H and O–H groups in total. The molecule has 2 heterocycles. The fourth-order valence-corrected chi connectivity index (χ4v) is 5.17. The zero-order valence-electron chi connectivity index (χ0n) is 16.5. The van der Waals surface area contributed by atoms with Crippen LogP contribution in [0.2, 0.25) is 10.0 Å². The number of hydrogen-bond donors (Lipinski definition) is 0. The molecule has 0 bridgehead atoms. The number of fused-ring (bicyclic) bond motifs is 1. The van der Waals surface area contributed by atoms with Crippen LogP contribution in [0.4, 0.5) is 5.69 Å². The molecule has 2 aliphatic rings. The molecule has 0 radical (unpaired) electrons. The molecule has 3 aromatic rings. The molecule has 7 heteroatoms. The van der Waals surface area contributed by atoms with E-state index >= 15 is 0 Å². The summed E-state index contributed by atoms with van der Waals surface area (Å²) in [5.41, 5.74) is -0.552. The Labute approximate surface area is 189 Å². The monoisotopic (exact) mass is 449 g/mol. The molecule has 2 aliphatic heterocycles. The van der Waals surface area contributed by atoms with Crippen molar-refractivity contribution in [3.05, 3.63) is 100 Å². The van der Waals surface area contributed by atoms with E-state index in [-0.39, 0.29) is 5.91 Å². The van der Waals surface area contributed by atoms with Crippen LogP contribution in [-0.4, -0.2) is 17.4 Å². The predicted octanol–water partition coefficient (Wildman–Crippen LogP) is 5.65. The van der Waals surface area contributed by atoms with E-state index in [1.165, 1.54) is 0 Å². The van der Waals surface area contributed by atoms with Crippen LogP contribution in [0.1, 0.15) is 18.1 Å². The summed E-state index contributed by atoms with van der Waals surface area (Å²) in [6.45, 7) is 1.67. The summed E-state index contributed by atoms with van der Waals surface area (Å²) in [4.78, 5) is 28.6. The third kappa shape index (κ3) is 2.77. The standard InChI is InChI=1S/C24H17Cl2N3O2/c1-23-20(21(30)29(22(23)31)19-13-17(25)12-18(26)14-19)24(28-27-23,15-8-4-2-5-9-15)16-10-6-3-7-11-16/h2-14,20H,1H3. The van der Waals surface area contributed by atoms with Gasteiger partial charge < -0.3 is 0 Å². The Hall–Kier alpha value is -3.02. The van der Waals surface area contributed by atoms with Crippen molar-refractivity contribution in [2.45, 2.75) is 18.0 Å². The summed E-state index contributed by atoms with van der Waals surface area (Å²) >= 11 is 12.3. The van der Waals surface area contributed by atoms with Crippen molar-refractivity contribution in [3.63, 3.8) is 0 Å². The fourth-order valence-electron chi connectivity index (χ4n) is 4.66. The Morgan fingerprint density at radius 1 is 0.806 bits per heavy atom. The second-order valence-corrected chi connectivity index (χ2v) is 8.76. The molecular weight excluding hydrogens is 433 g/mol. The summed E-state index contributed by atoms with van der Waals surface area (Å²) in [6, 6.07) is 23.7. The summed E-state index contributed by atoms with van der Waals surface area (Å²) in [6.07, 6.45) is 0. The third-order valence-corrected chi connectivity index (χ3v) is 6.47. The van der Waals surface area contributed by atoms with Crippen molar-refractivity contribution in [1.82, 2.24) is 0 Å². The lowest BCUT2D eigenvalue weighted by Crippen LogP contribution is -2.44. The fraction of sp³-hybridized carbons (Fsp3) is 0.167. The van der Waals surface area contributed by atoms with Gasteiger partial charge in [0.1, 0.15) is 11.5 Å². The number of hydrogen-bond acceptors (Lipinski definition) is 4. The number of halogens is 2. The Morgan fingerprint density at radius 3 is 1.84 bits per heavy atom. The SMILES string of the molecule is CC12N=NC(c3ccccc3)(c3ccccc3)C1C(=O)N(c1cc(Cl)cc(Cl)c1)C2=O. The topological polar surface area (TPSA) is 62.1 Å². The lowest BCUT2D eigenvalue weighted by molar-refractivity contribution is -0.123. The number of anilines is 1. The second-order valence-electron chi connectivity index (χ2n) is 7.89. The maximum absolute atomic E-state index is 13.9. The van der Waals surface area contributed by atoms with Crippen molar-refractivity contribution in [2.75, 3.05) is 4.90 Å². The van der Waals surface area contributed by atoms with Gasteiger partial charge in [-0.05, 0) is 36.2 Å². The number of rotatable bonds is 3. The average molecular weight is 450 g/mol. The molecule has 5 nitrogen and oxygen atoms in total. The average Bonchev–Trinajstić information content (AvgIpc) is 3.19. The molecule has 1 saturated heterocycles. The summed E-state index contributed by atoms with van der Waals surface area (Å²) in [5, 5.41) is 9.74. The number of azo groups is 1. The van der Waals surface area contributed by atoms with Crippen molar-refractivity contribution < 1.29 is 9.59 Å². The first-order valence-electron chi connectivity index (χ1n) is 9.77. The molecule has 1 fully saturated rings. The number of benzene rings is 3. The van der Waals surface area contributed by atoms with Crippen LogP contribution in [0.15, 0.2) is 89.1 Å². The van der Waals surface area contributed by atoms with E-state index in [4.69, 9.17) is 23.2 Å². The van der Waals surface area contributed by atoms with Crippen LogP contribution in [0, 0.1) is 5.92 Å². The van der Waals surface area contributed by atoms with Crippen LogP contribution in [-0.2, 0) is 15.1 Å². The lowest BCUT2D eigenvalue weighted by atomic mass is 9.68. The highest BCUT2D eigenvalue weighted by atomic mass is 35.5. The number of amides is 2. The highest BCUT2D eigenvalue weighted by Crippen LogP contribution is 2.56. The zero-order valence-corrected chi connectivity index (χ0v) is 18.0. The molecule has 154 valence electrons. The van der Waals surface area contributed by atoms with Gasteiger partial charge in [0.05, 0.1) is 5.69 Å². The van der Waals surface area contributed by atoms with Gasteiger partial charge in [-0.25, -0.2) is 4.90 Å². The lowest BCUT2D eigenvalue weighted by Gasteiger charge is -2.32. The highest BCUT2D eigenvalue weighted by Gasteiger charge is 2.70. The van der Waals surface area contributed by atoms with Gasteiger partial charge in [-0.2, -0.15) is 10.2 Å². The Kier molecular flexibility index (Phi) is 4.50. The summed E-state index contributed by atoms with van der Waals surface area (Å²) in [5.74, 6) is -1.68. The minimum absolute atomic E-state index is 0.327. The third-order valence-electron chi connectivity index (χ3n) is 6.03. The van der Waals surface area contributed by atoms with Gasteiger partial charge in [-0.15, -0.1) is 0 Å². The molecule has 0 spiro atoms. The molecule has 5 rings (SSSR count). The minimum atomic E-state index is -1.35. The van der Waals surface area contributed by atoms with E-state index in [1.807, 2.05) is 60.7 Å². The first kappa shape index (κ1) is 19.9. The van der Waals surface area contributed by atoms with Crippen molar-refractivity contribution >= 4 is 40.7 Å². The summed E-state index contributed by atoms with van der Waals surface area (Å²) in [7, 11) is 0. The van der Waals surface area contributed by atoms with Gasteiger partial charge in [0, 0.05) is 10.0 Å². The van der Waals surface area contributed by atoms with Gasteiger partial charge in [-0.1, -0.05) is 83.9 Å². The molecule has 31 heavy (non-hydrogen) atoms. The van der Waals surface area contributed by atoms with Crippen molar-refractivity contribution in [1.29, 1.82) is 0 Å². The van der Waals surface area contributed by atoms with E-state index in [2.05, 4.69) is 10.2 Å². The van der Waals surface area contributed by atoms with E-state index < -0.39 is 22.9 Å². The van der Waals surface area contributed by atoms with Crippen LogP contribution in [0.3, 0.4) is 0 Å². The molecule has 3 aromatic carbocycles. The van der Waals surface area contributed by atoms with Gasteiger partial charge in [0.15, 0.2) is 5.54 Å². The van der Waals surface area contributed by atoms with Gasteiger partial charge in [0.25, 0.3) is 5.91 Å². The molecular formula is C24H17Cl2N3O2. The quantitative estimate of drug-likeness (QED) is 0.484. The summed E-state index contributed by atoms with van der Waals surface area (Å²) < 4.78 is 0. The van der Waals surface area contributed by atoms with Crippen LogP contribution < -0.4 is 4.90 Å². The van der Waals surface area contributed by atoms with Crippen molar-refractivity contribution in [2.24, 2.45) is 16.1 Å². The normalized spacial score (nSPS) is 24.0. The minimum Gasteiger partial charge on any atom is -0.273 e. The first-order valence-corrected chi connectivity index (χ1v) is 10.5. The van der Waals surface area contributed by atoms with Gasteiger partial charge >= 0.3 is 0 Å². The number of nitrogens with zero attached hydrogens (tertiary/aromatic N) is 3. The Balaban J connectivity index is 1.74. The predicted molar refractivity (Wildman–Crippen MR) is 119 cm³/mol. The van der Waals surface area contributed by atoms with E-state index in [9.17, 15) is 9.59 Å². The molecule has 2 unspecified atom stereocenters. The Bertz CT molecular complexity index is 1170. The molecule has 2 atom stereocenters. The first-order chi connectivity index (χ1) is 14.9. The number of carbonyl (C=O) groups excluding carboxylic acids is 2. The number of imide groups is 1. The molecule has 2 amide bonds. The Morgan fingerprint density at radius 2 is 1.32 bits per heavy atom. The van der Waals surface area contributed by atoms with Crippen molar-refractivity contribution in [3.8, 4) is 0 Å². The molecule has 0 aromatic heterocycles. The maximum atomic E-state index is 13.9. The largest absolute Gasteiger partial charge is 0.273 e. The number of carbonyl (C=O) groups is 2. The van der Waals surface area contributed by atoms with E-state index in [0.29, 0.717) is 15.7 Å². The van der Waals surface area contributed by atoms with Gasteiger partial charge in [0.2, 0.25) is 5.91 Å². The molecule has 0 aliphatic carbocycles. The molecule has 0 saturated carbocycles. The maximum Gasteiger partial charge on any atom is 0.264 e. The highest BCUT2D eigenvalue weighted by molar-refractivity contribution is 6.36. The zero-order chi connectivity index (χ0) is 21.8. The van der Waals surface area contributed by atoms with Crippen LogP contribution in [0.25, 0.3) is 0 Å². The van der Waals surface area contributed by atoms with Gasteiger partial charge in [-0.3, -0.25) is 9.59 Å². The smallest absolute Gasteiger partial charge is 0.264 e. The van der Waals surface area contributed by atoms with E-state index in [0.717, 1.165) is 16.0 Å². The second kappa shape index (κ2) is 7.01. The van der Waals surface area contributed by atoms with E-state index in [1.54, 1.807) is 25.1 Å².